The van der Waals surface area contributed by atoms with Crippen LogP contribution in [0.3, 0.4) is 0 Å². The number of anilines is 1. The number of likely N-dealkylation sites (N-methyl/N-ethyl adjacent to an activating group) is 1. The van der Waals surface area contributed by atoms with Gasteiger partial charge in [0.2, 0.25) is 0 Å². The van der Waals surface area contributed by atoms with Crippen molar-refractivity contribution in [3.8, 4) is 0 Å². The molecule has 0 fully saturated rings. The van der Waals surface area contributed by atoms with Crippen LogP contribution >= 0.6 is 11.6 Å². The highest BCUT2D eigenvalue weighted by atomic mass is 35.5. The van der Waals surface area contributed by atoms with Gasteiger partial charge in [-0.3, -0.25) is 0 Å². The molecule has 19 heavy (non-hydrogen) atoms. The van der Waals surface area contributed by atoms with Gasteiger partial charge in [-0.05, 0) is 42.0 Å². The second-order valence-electron chi connectivity index (χ2n) is 4.39. The molecule has 4 heteroatoms. The maximum Gasteiger partial charge on any atom is 0.123 e. The largest absolute Gasteiger partial charge is 0.366 e. The molecule has 0 heterocycles. The highest BCUT2D eigenvalue weighted by molar-refractivity contribution is 6.30. The summed E-state index contributed by atoms with van der Waals surface area (Å²) in [6.07, 6.45) is 0. The smallest absolute Gasteiger partial charge is 0.123 e. The number of halogens is 2. The van der Waals surface area contributed by atoms with Gasteiger partial charge in [-0.15, -0.1) is 0 Å². The van der Waals surface area contributed by atoms with Gasteiger partial charge in [0.15, 0.2) is 0 Å². The van der Waals surface area contributed by atoms with Crippen LogP contribution in [-0.4, -0.2) is 13.6 Å². The fourth-order valence-electron chi connectivity index (χ4n) is 2.09. The van der Waals surface area contributed by atoms with Crippen molar-refractivity contribution in [1.82, 2.24) is 0 Å². The van der Waals surface area contributed by atoms with E-state index in [9.17, 15) is 4.39 Å². The Kier molecular flexibility index (Phi) is 4.40. The van der Waals surface area contributed by atoms with Gasteiger partial charge in [-0.25, -0.2) is 4.39 Å². The topological polar surface area (TPSA) is 29.3 Å². The van der Waals surface area contributed by atoms with E-state index in [1.54, 1.807) is 12.1 Å². The number of rotatable bonds is 4. The van der Waals surface area contributed by atoms with Crippen molar-refractivity contribution in [1.29, 1.82) is 0 Å². The summed E-state index contributed by atoms with van der Waals surface area (Å²) in [6.45, 7) is 0.453. The van der Waals surface area contributed by atoms with Crippen LogP contribution < -0.4 is 10.6 Å². The average Bonchev–Trinajstić information content (AvgIpc) is 2.40. The van der Waals surface area contributed by atoms with Gasteiger partial charge in [-0.2, -0.15) is 0 Å². The van der Waals surface area contributed by atoms with Gasteiger partial charge in [0.1, 0.15) is 5.82 Å². The summed E-state index contributed by atoms with van der Waals surface area (Å²) < 4.78 is 12.9. The minimum absolute atomic E-state index is 0.00385. The minimum Gasteiger partial charge on any atom is -0.366 e. The Morgan fingerprint density at radius 3 is 2.47 bits per heavy atom. The predicted molar refractivity (Wildman–Crippen MR) is 78.1 cm³/mol. The molecule has 2 N–H and O–H groups in total. The molecule has 0 aliphatic rings. The summed E-state index contributed by atoms with van der Waals surface area (Å²) in [5.41, 5.74) is 7.82. The molecule has 0 radical (unpaired) electrons. The Morgan fingerprint density at radius 2 is 1.89 bits per heavy atom. The van der Waals surface area contributed by atoms with Gasteiger partial charge in [-0.1, -0.05) is 23.7 Å². The number of hydrogen-bond acceptors (Lipinski definition) is 2. The molecular formula is C15H16ClFN2. The van der Waals surface area contributed by atoms with Crippen LogP contribution in [0.1, 0.15) is 11.6 Å². The van der Waals surface area contributed by atoms with Crippen LogP contribution in [0, 0.1) is 5.82 Å². The second-order valence-corrected chi connectivity index (χ2v) is 4.83. The first-order valence-corrected chi connectivity index (χ1v) is 6.43. The standard InChI is InChI=1S/C15H16ClFN2/c1-19(14-7-5-13(17)6-8-14)15(10-18)11-3-2-4-12(16)9-11/h2-9,15H,10,18H2,1H3. The van der Waals surface area contributed by atoms with Crippen LogP contribution in [0.2, 0.25) is 5.02 Å². The Hall–Kier alpha value is -1.58. The SMILES string of the molecule is CN(c1ccc(F)cc1)C(CN)c1cccc(Cl)c1. The van der Waals surface area contributed by atoms with Gasteiger partial charge in [0.05, 0.1) is 6.04 Å². The van der Waals surface area contributed by atoms with E-state index in [0.717, 1.165) is 11.3 Å². The molecule has 0 spiro atoms. The van der Waals surface area contributed by atoms with E-state index in [-0.39, 0.29) is 11.9 Å². The number of hydrogen-bond donors (Lipinski definition) is 1. The Balaban J connectivity index is 2.28. The number of nitrogens with two attached hydrogens (primary N) is 1. The number of benzene rings is 2. The van der Waals surface area contributed by atoms with Crippen LogP contribution in [0.25, 0.3) is 0 Å². The summed E-state index contributed by atoms with van der Waals surface area (Å²) in [4.78, 5) is 2.02. The molecule has 0 aromatic heterocycles. The maximum absolute atomic E-state index is 12.9. The van der Waals surface area contributed by atoms with Crippen molar-refractivity contribution in [2.75, 3.05) is 18.5 Å². The van der Waals surface area contributed by atoms with E-state index in [2.05, 4.69) is 0 Å². The van der Waals surface area contributed by atoms with E-state index in [1.807, 2.05) is 36.2 Å². The highest BCUT2D eigenvalue weighted by Crippen LogP contribution is 2.26. The molecule has 0 amide bonds. The zero-order valence-corrected chi connectivity index (χ0v) is 11.4. The molecule has 0 aliphatic heterocycles. The first-order chi connectivity index (χ1) is 9.11. The lowest BCUT2D eigenvalue weighted by molar-refractivity contribution is 0.626. The van der Waals surface area contributed by atoms with Crippen molar-refractivity contribution < 1.29 is 4.39 Å². The first-order valence-electron chi connectivity index (χ1n) is 6.05. The summed E-state index contributed by atoms with van der Waals surface area (Å²) in [5, 5.41) is 0.684. The molecule has 1 atom stereocenters. The molecule has 0 saturated carbocycles. The van der Waals surface area contributed by atoms with Crippen molar-refractivity contribution in [3.05, 3.63) is 64.9 Å². The quantitative estimate of drug-likeness (QED) is 0.926. The number of nitrogens with zero attached hydrogens (tertiary/aromatic N) is 1. The van der Waals surface area contributed by atoms with Gasteiger partial charge in [0.25, 0.3) is 0 Å². The monoisotopic (exact) mass is 278 g/mol. The zero-order valence-electron chi connectivity index (χ0n) is 10.7. The molecular weight excluding hydrogens is 263 g/mol. The fourth-order valence-corrected chi connectivity index (χ4v) is 2.29. The van der Waals surface area contributed by atoms with Gasteiger partial charge < -0.3 is 10.6 Å². The third-order valence-electron chi connectivity index (χ3n) is 3.16. The third-order valence-corrected chi connectivity index (χ3v) is 3.39. The summed E-state index contributed by atoms with van der Waals surface area (Å²) in [5.74, 6) is -0.246. The van der Waals surface area contributed by atoms with E-state index >= 15 is 0 Å². The van der Waals surface area contributed by atoms with Crippen molar-refractivity contribution in [2.45, 2.75) is 6.04 Å². The van der Waals surface area contributed by atoms with E-state index in [0.29, 0.717) is 11.6 Å². The minimum atomic E-state index is -0.246. The van der Waals surface area contributed by atoms with Crippen LogP contribution in [0.4, 0.5) is 10.1 Å². The van der Waals surface area contributed by atoms with Crippen molar-refractivity contribution in [2.24, 2.45) is 5.73 Å². The maximum atomic E-state index is 12.9. The second kappa shape index (κ2) is 6.04. The highest BCUT2D eigenvalue weighted by Gasteiger charge is 2.16. The molecule has 100 valence electrons. The molecule has 0 saturated heterocycles. The van der Waals surface area contributed by atoms with Gasteiger partial charge in [0, 0.05) is 24.3 Å². The Morgan fingerprint density at radius 1 is 1.21 bits per heavy atom. The average molecular weight is 279 g/mol. The summed E-state index contributed by atoms with van der Waals surface area (Å²) in [6, 6.07) is 14.0. The zero-order chi connectivity index (χ0) is 13.8. The van der Waals surface area contributed by atoms with Crippen LogP contribution in [0.5, 0.6) is 0 Å². The summed E-state index contributed by atoms with van der Waals surface area (Å²) in [7, 11) is 1.94. The molecule has 1 unspecified atom stereocenters. The van der Waals surface area contributed by atoms with Crippen molar-refractivity contribution in [3.63, 3.8) is 0 Å². The lowest BCUT2D eigenvalue weighted by atomic mass is 10.1. The molecule has 2 aromatic carbocycles. The predicted octanol–water partition coefficient (Wildman–Crippen LogP) is 3.62. The van der Waals surface area contributed by atoms with Crippen LogP contribution in [-0.2, 0) is 0 Å². The molecule has 2 nitrogen and oxygen atoms in total. The summed E-state index contributed by atoms with van der Waals surface area (Å²) >= 11 is 6.01. The molecule has 0 aliphatic carbocycles. The molecule has 0 bridgehead atoms. The molecule has 2 aromatic rings. The molecule has 2 rings (SSSR count). The normalized spacial score (nSPS) is 12.2. The van der Waals surface area contributed by atoms with E-state index in [4.69, 9.17) is 17.3 Å². The van der Waals surface area contributed by atoms with Gasteiger partial charge >= 0.3 is 0 Å². The first kappa shape index (κ1) is 13.8. The van der Waals surface area contributed by atoms with Crippen molar-refractivity contribution >= 4 is 17.3 Å². The van der Waals surface area contributed by atoms with E-state index < -0.39 is 0 Å². The van der Waals surface area contributed by atoms with Crippen LogP contribution in [0.15, 0.2) is 48.5 Å². The third kappa shape index (κ3) is 3.25. The Labute approximate surface area is 117 Å². The lowest BCUT2D eigenvalue weighted by Gasteiger charge is -2.29. The Bertz CT molecular complexity index is 542. The fraction of sp³-hybridized carbons (Fsp3) is 0.200. The lowest BCUT2D eigenvalue weighted by Crippen LogP contribution is -2.30. The van der Waals surface area contributed by atoms with E-state index in [1.165, 1.54) is 12.1 Å².